The molecule has 1 aliphatic carbocycles. The van der Waals surface area contributed by atoms with Crippen molar-refractivity contribution >= 4 is 51.6 Å². The molecule has 8 nitrogen and oxygen atoms in total. The maximum absolute atomic E-state index is 12.3. The molecule has 2 N–H and O–H groups in total. The summed E-state index contributed by atoms with van der Waals surface area (Å²) in [7, 11) is 0. The van der Waals surface area contributed by atoms with Crippen molar-refractivity contribution in [1.29, 1.82) is 0 Å². The average molecular weight is 434 g/mol. The van der Waals surface area contributed by atoms with Crippen molar-refractivity contribution in [2.24, 2.45) is 0 Å². The zero-order valence-corrected chi connectivity index (χ0v) is 17.9. The van der Waals surface area contributed by atoms with Gasteiger partial charge in [-0.05, 0) is 38.0 Å². The lowest BCUT2D eigenvalue weighted by molar-refractivity contribution is -0.118. The third-order valence-electron chi connectivity index (χ3n) is 4.16. The van der Waals surface area contributed by atoms with Gasteiger partial charge in [0.2, 0.25) is 16.9 Å². The predicted octanol–water partition coefficient (Wildman–Crippen LogP) is 2.92. The van der Waals surface area contributed by atoms with E-state index in [-0.39, 0.29) is 29.5 Å². The van der Waals surface area contributed by atoms with Crippen LogP contribution in [0, 0.1) is 0 Å². The van der Waals surface area contributed by atoms with Gasteiger partial charge in [0.15, 0.2) is 4.34 Å². The van der Waals surface area contributed by atoms with E-state index in [0.29, 0.717) is 33.7 Å². The quantitative estimate of drug-likeness (QED) is 0.465. The van der Waals surface area contributed by atoms with E-state index in [9.17, 15) is 14.4 Å². The molecular formula is C19H23N5O3S2. The molecule has 1 aromatic carbocycles. The molecule has 0 saturated heterocycles. The third-order valence-corrected chi connectivity index (χ3v) is 6.21. The van der Waals surface area contributed by atoms with E-state index in [0.717, 1.165) is 12.8 Å². The van der Waals surface area contributed by atoms with Crippen LogP contribution in [0.1, 0.15) is 43.5 Å². The van der Waals surface area contributed by atoms with E-state index in [1.165, 1.54) is 23.1 Å². The predicted molar refractivity (Wildman–Crippen MR) is 115 cm³/mol. The normalized spacial score (nSPS) is 13.0. The van der Waals surface area contributed by atoms with E-state index in [2.05, 4.69) is 20.8 Å². The molecule has 29 heavy (non-hydrogen) atoms. The minimum Gasteiger partial charge on any atom is -0.352 e. The fourth-order valence-corrected chi connectivity index (χ4v) is 4.38. The van der Waals surface area contributed by atoms with Crippen LogP contribution in [0.2, 0.25) is 0 Å². The second-order valence-corrected chi connectivity index (χ2v) is 8.65. The van der Waals surface area contributed by atoms with E-state index in [1.54, 1.807) is 29.2 Å². The van der Waals surface area contributed by atoms with Crippen LogP contribution < -0.4 is 15.5 Å². The smallest absolute Gasteiger partial charge is 0.251 e. The second-order valence-electron chi connectivity index (χ2n) is 6.48. The Labute approximate surface area is 177 Å². The Morgan fingerprint density at radius 3 is 2.72 bits per heavy atom. The van der Waals surface area contributed by atoms with Crippen LogP contribution in [0.25, 0.3) is 0 Å². The second kappa shape index (κ2) is 9.84. The molecule has 0 bridgehead atoms. The van der Waals surface area contributed by atoms with Gasteiger partial charge < -0.3 is 10.6 Å². The fraction of sp³-hybridized carbons (Fsp3) is 0.421. The van der Waals surface area contributed by atoms with Gasteiger partial charge in [0, 0.05) is 30.3 Å². The van der Waals surface area contributed by atoms with Crippen molar-refractivity contribution in [2.75, 3.05) is 22.5 Å². The zero-order chi connectivity index (χ0) is 20.8. The number of carbonyl (C=O) groups excluding carboxylic acids is 3. The van der Waals surface area contributed by atoms with Gasteiger partial charge in [-0.3, -0.25) is 19.3 Å². The average Bonchev–Trinajstić information content (AvgIpc) is 3.44. The van der Waals surface area contributed by atoms with Crippen LogP contribution in [0.3, 0.4) is 0 Å². The number of hydrogen-bond acceptors (Lipinski definition) is 7. The summed E-state index contributed by atoms with van der Waals surface area (Å²) >= 11 is 2.60. The van der Waals surface area contributed by atoms with Crippen molar-refractivity contribution in [1.82, 2.24) is 15.5 Å². The van der Waals surface area contributed by atoms with Crippen LogP contribution in [0.4, 0.5) is 10.8 Å². The van der Waals surface area contributed by atoms with Gasteiger partial charge in [0.05, 0.1) is 5.75 Å². The molecule has 10 heteroatoms. The Balaban J connectivity index is 1.55. The number of aromatic nitrogens is 2. The number of nitrogens with one attached hydrogen (secondary N) is 2. The molecule has 0 unspecified atom stereocenters. The third kappa shape index (κ3) is 5.77. The molecule has 1 fully saturated rings. The number of nitrogens with zero attached hydrogens (tertiary/aromatic N) is 3. The molecule has 3 amide bonds. The van der Waals surface area contributed by atoms with Crippen molar-refractivity contribution in [2.45, 2.75) is 43.5 Å². The number of benzene rings is 1. The number of thioether (sulfide) groups is 1. The minimum atomic E-state index is -0.205. The number of carbonyl (C=O) groups is 3. The molecule has 154 valence electrons. The van der Waals surface area contributed by atoms with Crippen LogP contribution in [-0.2, 0) is 9.59 Å². The maximum atomic E-state index is 12.3. The van der Waals surface area contributed by atoms with Gasteiger partial charge in [0.1, 0.15) is 0 Å². The lowest BCUT2D eigenvalue weighted by Crippen LogP contribution is -2.32. The molecule has 1 aliphatic rings. The molecule has 2 aromatic rings. The fourth-order valence-electron chi connectivity index (χ4n) is 2.65. The van der Waals surface area contributed by atoms with Crippen molar-refractivity contribution in [3.05, 3.63) is 29.8 Å². The number of anilines is 2. The van der Waals surface area contributed by atoms with Crippen LogP contribution in [0.15, 0.2) is 28.6 Å². The highest BCUT2D eigenvalue weighted by molar-refractivity contribution is 8.01. The summed E-state index contributed by atoms with van der Waals surface area (Å²) < 4.78 is 0.640. The highest BCUT2D eigenvalue weighted by atomic mass is 32.2. The van der Waals surface area contributed by atoms with Gasteiger partial charge in [-0.2, -0.15) is 0 Å². The number of amides is 3. The Hall–Kier alpha value is -2.46. The zero-order valence-electron chi connectivity index (χ0n) is 16.3. The number of rotatable bonds is 9. The van der Waals surface area contributed by atoms with Crippen molar-refractivity contribution in [3.8, 4) is 0 Å². The highest BCUT2D eigenvalue weighted by Crippen LogP contribution is 2.36. The van der Waals surface area contributed by atoms with E-state index < -0.39 is 0 Å². The lowest BCUT2D eigenvalue weighted by atomic mass is 10.2. The van der Waals surface area contributed by atoms with Crippen molar-refractivity contribution < 1.29 is 14.4 Å². The van der Waals surface area contributed by atoms with Crippen LogP contribution >= 0.6 is 23.1 Å². The summed E-state index contributed by atoms with van der Waals surface area (Å²) in [4.78, 5) is 38.1. The van der Waals surface area contributed by atoms with Gasteiger partial charge in [-0.1, -0.05) is 36.1 Å². The summed E-state index contributed by atoms with van der Waals surface area (Å²) in [5, 5.41) is 14.3. The SMILES string of the molecule is CCNC(=O)c1cccc(NC(=O)CSc2nnc(N(C(=O)CC)C3CC3)s2)c1. The first-order chi connectivity index (χ1) is 14.0. The standard InChI is InChI=1S/C19H23N5O3S2/c1-3-16(26)24(14-8-9-14)18-22-23-19(29-18)28-11-15(25)21-13-7-5-6-12(10-13)17(27)20-4-2/h5-7,10,14H,3-4,8-9,11H2,1-2H3,(H,20,27)(H,21,25). The van der Waals surface area contributed by atoms with Crippen LogP contribution in [-0.4, -0.2) is 46.3 Å². The highest BCUT2D eigenvalue weighted by Gasteiger charge is 2.35. The largest absolute Gasteiger partial charge is 0.352 e. The summed E-state index contributed by atoms with van der Waals surface area (Å²) in [6.07, 6.45) is 2.41. The van der Waals surface area contributed by atoms with Gasteiger partial charge in [0.25, 0.3) is 5.91 Å². The Kier molecular flexibility index (Phi) is 7.21. The van der Waals surface area contributed by atoms with E-state index in [4.69, 9.17) is 0 Å². The molecule has 0 radical (unpaired) electrons. The number of hydrogen-bond donors (Lipinski definition) is 2. The minimum absolute atomic E-state index is 0.0462. The molecular weight excluding hydrogens is 410 g/mol. The molecule has 0 spiro atoms. The molecule has 0 atom stereocenters. The van der Waals surface area contributed by atoms with E-state index in [1.807, 2.05) is 13.8 Å². The summed E-state index contributed by atoms with van der Waals surface area (Å²) in [5.41, 5.74) is 1.05. The molecule has 1 heterocycles. The summed E-state index contributed by atoms with van der Waals surface area (Å²) in [5.74, 6) is -0.180. The van der Waals surface area contributed by atoms with Crippen LogP contribution in [0.5, 0.6) is 0 Å². The molecule has 0 aliphatic heterocycles. The van der Waals surface area contributed by atoms with E-state index >= 15 is 0 Å². The maximum Gasteiger partial charge on any atom is 0.251 e. The molecule has 1 saturated carbocycles. The summed E-state index contributed by atoms with van der Waals surface area (Å²) in [6, 6.07) is 7.02. The first-order valence-electron chi connectivity index (χ1n) is 9.48. The Bertz CT molecular complexity index is 897. The molecule has 1 aromatic heterocycles. The molecule has 3 rings (SSSR count). The van der Waals surface area contributed by atoms with Gasteiger partial charge in [-0.25, -0.2) is 0 Å². The summed E-state index contributed by atoms with van der Waals surface area (Å²) in [6.45, 7) is 4.22. The lowest BCUT2D eigenvalue weighted by Gasteiger charge is -2.17. The monoisotopic (exact) mass is 433 g/mol. The van der Waals surface area contributed by atoms with Gasteiger partial charge in [-0.15, -0.1) is 10.2 Å². The topological polar surface area (TPSA) is 104 Å². The van der Waals surface area contributed by atoms with Gasteiger partial charge >= 0.3 is 0 Å². The van der Waals surface area contributed by atoms with Crippen molar-refractivity contribution in [3.63, 3.8) is 0 Å². The first-order valence-corrected chi connectivity index (χ1v) is 11.3. The Morgan fingerprint density at radius 1 is 1.24 bits per heavy atom. The Morgan fingerprint density at radius 2 is 2.03 bits per heavy atom. The first kappa shape index (κ1) is 21.3.